The fourth-order valence-corrected chi connectivity index (χ4v) is 1.51. The van der Waals surface area contributed by atoms with Gasteiger partial charge in [-0.3, -0.25) is 0 Å². The van der Waals surface area contributed by atoms with Crippen molar-refractivity contribution < 1.29 is 0 Å². The van der Waals surface area contributed by atoms with Crippen molar-refractivity contribution in [2.75, 3.05) is 14.1 Å². The minimum atomic E-state index is 0.853. The molecule has 0 saturated carbocycles. The predicted octanol–water partition coefficient (Wildman–Crippen LogP) is 4.40. The summed E-state index contributed by atoms with van der Waals surface area (Å²) in [7, 11) is 3.77. The van der Waals surface area contributed by atoms with E-state index in [0.29, 0.717) is 0 Å². The molecule has 0 rings (SSSR count). The van der Waals surface area contributed by atoms with Crippen LogP contribution in [-0.2, 0) is 0 Å². The quantitative estimate of drug-likeness (QED) is 0.645. The minimum Gasteiger partial charge on any atom is -0.392 e. The Hall–Kier alpha value is -2.22. The first kappa shape index (κ1) is 18.8. The summed E-state index contributed by atoms with van der Waals surface area (Å²) in [6.07, 6.45) is 9.84. The third-order valence-electron chi connectivity index (χ3n) is 3.02. The van der Waals surface area contributed by atoms with E-state index in [2.05, 4.69) is 44.2 Å². The van der Waals surface area contributed by atoms with Crippen molar-refractivity contribution in [1.29, 1.82) is 0 Å². The average molecular weight is 284 g/mol. The molecule has 0 bridgehead atoms. The molecule has 2 nitrogen and oxygen atoms in total. The molecule has 2 heteroatoms. The minimum absolute atomic E-state index is 0.853. The number of hydrogen-bond acceptors (Lipinski definition) is 2. The van der Waals surface area contributed by atoms with Gasteiger partial charge in [-0.1, -0.05) is 43.5 Å². The Kier molecular flexibility index (Phi) is 8.63. The monoisotopic (exact) mass is 284 g/mol. The number of allylic oxidation sites excluding steroid dienone is 9. The van der Waals surface area contributed by atoms with E-state index in [4.69, 9.17) is 0 Å². The van der Waals surface area contributed by atoms with E-state index in [9.17, 15) is 0 Å². The van der Waals surface area contributed by atoms with E-state index in [1.165, 1.54) is 5.57 Å². The number of rotatable bonds is 8. The van der Waals surface area contributed by atoms with Gasteiger partial charge in [0.1, 0.15) is 0 Å². The molecule has 0 aromatic rings. The molecule has 0 saturated heterocycles. The summed E-state index contributed by atoms with van der Waals surface area (Å²) in [5.41, 5.74) is 5.91. The van der Waals surface area contributed by atoms with Crippen LogP contribution in [0.4, 0.5) is 0 Å². The second-order valence-corrected chi connectivity index (χ2v) is 4.96. The zero-order valence-electron chi connectivity index (χ0n) is 14.0. The molecule has 0 amide bonds. The van der Waals surface area contributed by atoms with Crippen LogP contribution in [0.25, 0.3) is 0 Å². The first-order valence-corrected chi connectivity index (χ1v) is 6.98. The van der Waals surface area contributed by atoms with Crippen molar-refractivity contribution in [3.8, 4) is 0 Å². The van der Waals surface area contributed by atoms with Gasteiger partial charge in [0.15, 0.2) is 0 Å². The van der Waals surface area contributed by atoms with Crippen LogP contribution >= 0.6 is 0 Å². The number of likely N-dealkylation sites (N-methyl/N-ethyl adjacent to an activating group) is 1. The molecule has 2 N–H and O–H groups in total. The van der Waals surface area contributed by atoms with Gasteiger partial charge >= 0.3 is 0 Å². The molecule has 21 heavy (non-hydrogen) atoms. The van der Waals surface area contributed by atoms with Gasteiger partial charge in [-0.05, 0) is 49.6 Å². The normalized spacial score (nSPS) is 12.5. The molecule has 0 spiro atoms. The molecule has 0 radical (unpaired) electrons. The maximum absolute atomic E-state index is 4.14. The summed E-state index contributed by atoms with van der Waals surface area (Å²) >= 11 is 0. The summed E-state index contributed by atoms with van der Waals surface area (Å²) in [6, 6.07) is 0. The molecule has 0 unspecified atom stereocenters. The molecule has 0 aliphatic rings. The highest BCUT2D eigenvalue weighted by molar-refractivity contribution is 5.57. The molecule has 0 aliphatic carbocycles. The molecule has 0 heterocycles. The van der Waals surface area contributed by atoms with Crippen LogP contribution in [0, 0.1) is 0 Å². The zero-order valence-corrected chi connectivity index (χ0v) is 14.0. The SMILES string of the molecule is C=C/C(=C\C=C(C)C)C(=C)C(=C)/C(=C\C=C(/C)NC)NC. The Bertz CT molecular complexity index is 522. The van der Waals surface area contributed by atoms with Crippen LogP contribution in [0.2, 0.25) is 0 Å². The molecule has 0 aromatic heterocycles. The third kappa shape index (κ3) is 6.66. The summed E-state index contributed by atoms with van der Waals surface area (Å²) < 4.78 is 0. The second kappa shape index (κ2) is 9.65. The Morgan fingerprint density at radius 3 is 1.86 bits per heavy atom. The van der Waals surface area contributed by atoms with Crippen molar-refractivity contribution in [3.05, 3.63) is 83.8 Å². The van der Waals surface area contributed by atoms with Gasteiger partial charge in [-0.2, -0.15) is 0 Å². The Morgan fingerprint density at radius 1 is 0.810 bits per heavy atom. The van der Waals surface area contributed by atoms with Gasteiger partial charge in [0.2, 0.25) is 0 Å². The maximum atomic E-state index is 4.14. The second-order valence-electron chi connectivity index (χ2n) is 4.96. The van der Waals surface area contributed by atoms with Crippen LogP contribution < -0.4 is 10.6 Å². The topological polar surface area (TPSA) is 24.1 Å². The number of nitrogens with one attached hydrogen (secondary N) is 2. The molecule has 0 fully saturated rings. The largest absolute Gasteiger partial charge is 0.392 e. The van der Waals surface area contributed by atoms with E-state index in [1.807, 2.05) is 45.3 Å². The first-order chi connectivity index (χ1) is 9.87. The van der Waals surface area contributed by atoms with Gasteiger partial charge in [-0.15, -0.1) is 0 Å². The highest BCUT2D eigenvalue weighted by Crippen LogP contribution is 2.22. The molecule has 0 aliphatic heterocycles. The van der Waals surface area contributed by atoms with Gasteiger partial charge < -0.3 is 10.6 Å². The van der Waals surface area contributed by atoms with Crippen molar-refractivity contribution >= 4 is 0 Å². The van der Waals surface area contributed by atoms with Crippen molar-refractivity contribution in [3.63, 3.8) is 0 Å². The van der Waals surface area contributed by atoms with Crippen molar-refractivity contribution in [2.24, 2.45) is 0 Å². The average Bonchev–Trinajstić information content (AvgIpc) is 2.47. The summed E-state index contributed by atoms with van der Waals surface area (Å²) in [4.78, 5) is 0. The van der Waals surface area contributed by atoms with Gasteiger partial charge in [-0.25, -0.2) is 0 Å². The lowest BCUT2D eigenvalue weighted by molar-refractivity contribution is 0.980. The van der Waals surface area contributed by atoms with Crippen molar-refractivity contribution in [2.45, 2.75) is 20.8 Å². The van der Waals surface area contributed by atoms with Gasteiger partial charge in [0.05, 0.1) is 0 Å². The van der Waals surface area contributed by atoms with E-state index in [0.717, 1.165) is 28.1 Å². The fraction of sp³-hybridized carbons (Fsp3) is 0.263. The molecular formula is C19H28N2. The lowest BCUT2D eigenvalue weighted by Crippen LogP contribution is -2.10. The van der Waals surface area contributed by atoms with E-state index in [-0.39, 0.29) is 0 Å². The van der Waals surface area contributed by atoms with Crippen LogP contribution in [-0.4, -0.2) is 14.1 Å². The standard InChI is InChI=1S/C19H28N2/c1-9-18(12-10-14(2)3)16(5)17(6)19(21-8)13-11-15(4)20-7/h9-13,20-21H,1,5-6H2,2-4,7-8H3/b15-11+,18-12+,19-13+. The summed E-state index contributed by atoms with van der Waals surface area (Å²) in [5.74, 6) is 0. The maximum Gasteiger partial charge on any atom is 0.0411 e. The first-order valence-electron chi connectivity index (χ1n) is 6.98. The Morgan fingerprint density at radius 2 is 1.43 bits per heavy atom. The molecule has 0 atom stereocenters. The smallest absolute Gasteiger partial charge is 0.0411 e. The van der Waals surface area contributed by atoms with Crippen LogP contribution in [0.5, 0.6) is 0 Å². The van der Waals surface area contributed by atoms with Gasteiger partial charge in [0.25, 0.3) is 0 Å². The lowest BCUT2D eigenvalue weighted by atomic mass is 9.97. The predicted molar refractivity (Wildman–Crippen MR) is 96.0 cm³/mol. The highest BCUT2D eigenvalue weighted by atomic mass is 14.8. The third-order valence-corrected chi connectivity index (χ3v) is 3.02. The number of hydrogen-bond donors (Lipinski definition) is 2. The highest BCUT2D eigenvalue weighted by Gasteiger charge is 2.07. The molecular weight excluding hydrogens is 256 g/mol. The Balaban J connectivity index is 5.38. The summed E-state index contributed by atoms with van der Waals surface area (Å²) in [5, 5.41) is 6.24. The Labute approximate surface area is 130 Å². The van der Waals surface area contributed by atoms with Crippen molar-refractivity contribution in [1.82, 2.24) is 10.6 Å². The summed E-state index contributed by atoms with van der Waals surface area (Å²) in [6.45, 7) is 18.2. The fourth-order valence-electron chi connectivity index (χ4n) is 1.51. The van der Waals surface area contributed by atoms with E-state index < -0.39 is 0 Å². The van der Waals surface area contributed by atoms with Crippen LogP contribution in [0.15, 0.2) is 83.8 Å². The van der Waals surface area contributed by atoms with Crippen LogP contribution in [0.3, 0.4) is 0 Å². The zero-order chi connectivity index (χ0) is 16.4. The van der Waals surface area contributed by atoms with E-state index in [1.54, 1.807) is 6.08 Å². The van der Waals surface area contributed by atoms with Crippen LogP contribution in [0.1, 0.15) is 20.8 Å². The van der Waals surface area contributed by atoms with Gasteiger partial charge in [0, 0.05) is 25.5 Å². The van der Waals surface area contributed by atoms with E-state index >= 15 is 0 Å². The molecule has 0 aromatic carbocycles. The molecule has 114 valence electrons. The lowest BCUT2D eigenvalue weighted by Gasteiger charge is -2.14.